The molecular formula is C34H34F4N10O6S2. The highest BCUT2D eigenvalue weighted by Crippen LogP contribution is 2.28. The van der Waals surface area contributed by atoms with Crippen molar-refractivity contribution in [3.05, 3.63) is 104 Å². The van der Waals surface area contributed by atoms with Gasteiger partial charge in [0.1, 0.15) is 11.0 Å². The molecule has 22 heteroatoms. The van der Waals surface area contributed by atoms with Gasteiger partial charge in [-0.2, -0.15) is 0 Å². The lowest BCUT2D eigenvalue weighted by atomic mass is 10.2. The van der Waals surface area contributed by atoms with E-state index in [1.165, 1.54) is 24.3 Å². The number of thioether (sulfide) groups is 2. The first kappa shape index (κ1) is 41.9. The molecule has 4 heterocycles. The van der Waals surface area contributed by atoms with Gasteiger partial charge in [-0.1, -0.05) is 47.8 Å². The van der Waals surface area contributed by atoms with Gasteiger partial charge < -0.3 is 40.2 Å². The molecular weight excluding hydrogens is 785 g/mol. The molecule has 0 saturated heterocycles. The van der Waals surface area contributed by atoms with Crippen LogP contribution in [0.4, 0.5) is 29.2 Å². The molecule has 0 radical (unpaired) electrons. The summed E-state index contributed by atoms with van der Waals surface area (Å²) in [5, 5.41) is 30.8. The summed E-state index contributed by atoms with van der Waals surface area (Å²) in [6.45, 7) is 0.834. The Labute approximate surface area is 322 Å². The number of aliphatic hydroxyl groups is 3. The summed E-state index contributed by atoms with van der Waals surface area (Å²) in [5.74, 6) is -2.85. The van der Waals surface area contributed by atoms with E-state index in [1.807, 2.05) is 0 Å². The highest BCUT2D eigenvalue weighted by Gasteiger charge is 2.18. The monoisotopic (exact) mass is 818 g/mol. The molecule has 0 aliphatic heterocycles. The Morgan fingerprint density at radius 2 is 1.23 bits per heavy atom. The van der Waals surface area contributed by atoms with E-state index in [0.29, 0.717) is 35.8 Å². The SMILES string of the molecule is O=c1cnc2c(N(CCO)CCO)nc(SCc3cccc(F)c3F)nc2[nH]1.O=c1cnc2c(NCCOCCO)nc(SCc3cccc(F)c3F)nc2[nH]1. The van der Waals surface area contributed by atoms with Gasteiger partial charge >= 0.3 is 0 Å². The van der Waals surface area contributed by atoms with Crippen molar-refractivity contribution >= 4 is 57.5 Å². The molecule has 0 bridgehead atoms. The number of H-pyrrole nitrogens is 2. The highest BCUT2D eigenvalue weighted by molar-refractivity contribution is 7.98. The van der Waals surface area contributed by atoms with E-state index in [-0.39, 0.29) is 83.8 Å². The normalized spacial score (nSPS) is 11.1. The van der Waals surface area contributed by atoms with Crippen molar-refractivity contribution in [2.24, 2.45) is 0 Å². The Morgan fingerprint density at radius 3 is 1.79 bits per heavy atom. The van der Waals surface area contributed by atoms with Crippen molar-refractivity contribution in [1.29, 1.82) is 0 Å². The van der Waals surface area contributed by atoms with Crippen LogP contribution in [0.1, 0.15) is 11.1 Å². The number of nitrogens with one attached hydrogen (secondary N) is 3. The average molecular weight is 819 g/mol. The molecule has 56 heavy (non-hydrogen) atoms. The topological polar surface area (TPSA) is 228 Å². The number of ether oxygens (including phenoxy) is 1. The Kier molecular flexibility index (Phi) is 15.4. The molecule has 0 aliphatic carbocycles. The zero-order chi connectivity index (χ0) is 40.0. The van der Waals surface area contributed by atoms with E-state index >= 15 is 0 Å². The number of anilines is 2. The third-order valence-corrected chi connectivity index (χ3v) is 9.20. The van der Waals surface area contributed by atoms with Crippen LogP contribution in [-0.2, 0) is 16.2 Å². The predicted molar refractivity (Wildman–Crippen MR) is 201 cm³/mol. The van der Waals surface area contributed by atoms with E-state index < -0.39 is 34.4 Å². The maximum atomic E-state index is 13.9. The summed E-state index contributed by atoms with van der Waals surface area (Å²) < 4.78 is 59.6. The Morgan fingerprint density at radius 1 is 0.696 bits per heavy atom. The molecule has 6 N–H and O–H groups in total. The largest absolute Gasteiger partial charge is 0.395 e. The van der Waals surface area contributed by atoms with E-state index in [2.05, 4.69) is 45.2 Å². The second kappa shape index (κ2) is 20.6. The lowest BCUT2D eigenvalue weighted by Gasteiger charge is -2.22. The Bertz CT molecular complexity index is 2370. The maximum Gasteiger partial charge on any atom is 0.268 e. The number of fused-ring (bicyclic) bond motifs is 2. The molecule has 0 amide bonds. The zero-order valence-corrected chi connectivity index (χ0v) is 30.8. The molecule has 0 fully saturated rings. The number of nitrogens with zero attached hydrogens (tertiary/aromatic N) is 7. The van der Waals surface area contributed by atoms with Gasteiger partial charge in [-0.25, -0.2) is 47.5 Å². The van der Waals surface area contributed by atoms with E-state index in [4.69, 9.17) is 9.84 Å². The summed E-state index contributed by atoms with van der Waals surface area (Å²) in [7, 11) is 0. The van der Waals surface area contributed by atoms with Crippen molar-refractivity contribution in [2.75, 3.05) is 62.9 Å². The quantitative estimate of drug-likeness (QED) is 0.0337. The molecule has 16 nitrogen and oxygen atoms in total. The molecule has 0 atom stereocenters. The van der Waals surface area contributed by atoms with E-state index in [9.17, 15) is 37.4 Å². The summed E-state index contributed by atoms with van der Waals surface area (Å²) in [5.41, 5.74) is 0.503. The molecule has 2 aromatic carbocycles. The lowest BCUT2D eigenvalue weighted by molar-refractivity contribution is 0.0992. The van der Waals surface area contributed by atoms with Gasteiger partial charge in [0.2, 0.25) is 0 Å². The van der Waals surface area contributed by atoms with E-state index in [1.54, 1.807) is 4.90 Å². The zero-order valence-electron chi connectivity index (χ0n) is 29.2. The number of rotatable bonds is 17. The van der Waals surface area contributed by atoms with Crippen LogP contribution in [-0.4, -0.2) is 108 Å². The number of aliphatic hydroxyl groups excluding tert-OH is 3. The van der Waals surface area contributed by atoms with Crippen LogP contribution in [0.15, 0.2) is 68.7 Å². The minimum absolute atomic E-state index is 0.0685. The summed E-state index contributed by atoms with van der Waals surface area (Å²) >= 11 is 2.15. The fraction of sp³-hybridized carbons (Fsp3) is 0.294. The Hall–Kier alpha value is -5.26. The fourth-order valence-electron chi connectivity index (χ4n) is 4.87. The van der Waals surface area contributed by atoms with Gasteiger partial charge in [-0.05, 0) is 12.1 Å². The van der Waals surface area contributed by atoms with Crippen LogP contribution >= 0.6 is 23.5 Å². The number of hydrogen-bond donors (Lipinski definition) is 6. The third-order valence-electron chi connectivity index (χ3n) is 7.40. The molecule has 6 rings (SSSR count). The van der Waals surface area contributed by atoms with Crippen molar-refractivity contribution in [3.8, 4) is 0 Å². The van der Waals surface area contributed by atoms with Gasteiger partial charge in [-0.15, -0.1) is 0 Å². The molecule has 0 spiro atoms. The number of aromatic nitrogens is 8. The molecule has 0 aliphatic rings. The standard InChI is InChI=1S/2C17H17F2N5O3S/c18-11-3-1-2-10(13(11)19)9-28-17-22-15-14(20-8-12(27)21-15)16(23-17)24(4-6-25)5-7-26;18-11-3-1-2-10(13(11)19)9-28-17-23-15(20-4-6-27-7-5-25)14-16(24-17)22-12(26)8-21-14/h1-3,8,25-26H,4-7,9H2,(H,21,22,23,27);1-3,8,25H,4-7,9H2,(H2,20,22,23,24,26). The van der Waals surface area contributed by atoms with Gasteiger partial charge in [0.05, 0.1) is 45.4 Å². The van der Waals surface area contributed by atoms with Crippen molar-refractivity contribution in [1.82, 2.24) is 39.9 Å². The van der Waals surface area contributed by atoms with Crippen LogP contribution in [0.3, 0.4) is 0 Å². The highest BCUT2D eigenvalue weighted by atomic mass is 32.2. The van der Waals surface area contributed by atoms with Crippen LogP contribution < -0.4 is 21.3 Å². The van der Waals surface area contributed by atoms with Crippen molar-refractivity contribution < 1.29 is 37.6 Å². The van der Waals surface area contributed by atoms with Crippen LogP contribution in [0.5, 0.6) is 0 Å². The molecule has 6 aromatic rings. The minimum Gasteiger partial charge on any atom is -0.395 e. The third kappa shape index (κ3) is 11.2. The average Bonchev–Trinajstić information content (AvgIpc) is 3.18. The maximum absolute atomic E-state index is 13.9. The summed E-state index contributed by atoms with van der Waals surface area (Å²) in [6.07, 6.45) is 2.20. The van der Waals surface area contributed by atoms with Crippen LogP contribution in [0, 0.1) is 23.3 Å². The van der Waals surface area contributed by atoms with Crippen LogP contribution in [0.2, 0.25) is 0 Å². The van der Waals surface area contributed by atoms with Crippen LogP contribution in [0.25, 0.3) is 22.3 Å². The smallest absolute Gasteiger partial charge is 0.268 e. The van der Waals surface area contributed by atoms with Gasteiger partial charge in [0.15, 0.2) is 56.5 Å². The lowest BCUT2D eigenvalue weighted by Crippen LogP contribution is -2.31. The first-order chi connectivity index (χ1) is 27.1. The molecule has 0 saturated carbocycles. The predicted octanol–water partition coefficient (Wildman–Crippen LogP) is 2.78. The first-order valence-electron chi connectivity index (χ1n) is 16.7. The molecule has 296 valence electrons. The van der Waals surface area contributed by atoms with E-state index in [0.717, 1.165) is 48.1 Å². The summed E-state index contributed by atoms with van der Waals surface area (Å²) in [6, 6.07) is 7.86. The van der Waals surface area contributed by atoms with Gasteiger partial charge in [0.25, 0.3) is 11.1 Å². The molecule has 0 unspecified atom stereocenters. The number of hydrogen-bond acceptors (Lipinski definition) is 16. The first-order valence-corrected chi connectivity index (χ1v) is 18.6. The minimum atomic E-state index is -0.941. The van der Waals surface area contributed by atoms with Crippen molar-refractivity contribution in [2.45, 2.75) is 21.8 Å². The van der Waals surface area contributed by atoms with Gasteiger partial charge in [-0.3, -0.25) is 9.59 Å². The summed E-state index contributed by atoms with van der Waals surface area (Å²) in [4.78, 5) is 55.2. The number of halogens is 4. The van der Waals surface area contributed by atoms with Gasteiger partial charge in [0, 0.05) is 42.3 Å². The second-order valence-electron chi connectivity index (χ2n) is 11.3. The number of benzene rings is 2. The number of aromatic amines is 2. The fourth-order valence-corrected chi connectivity index (χ4v) is 6.50. The Balaban J connectivity index is 0.000000214. The molecule has 4 aromatic heterocycles. The van der Waals surface area contributed by atoms with Crippen molar-refractivity contribution in [3.63, 3.8) is 0 Å². The second-order valence-corrected chi connectivity index (χ2v) is 13.2.